The molecule has 38 heavy (non-hydrogen) atoms. The minimum atomic E-state index is -0.443. The summed E-state index contributed by atoms with van der Waals surface area (Å²) in [6.45, 7) is 2.40. The minimum Gasteiger partial charge on any atom is -0.496 e. The van der Waals surface area contributed by atoms with Crippen molar-refractivity contribution in [1.82, 2.24) is 5.43 Å². The smallest absolute Gasteiger partial charge is 0.275 e. The van der Waals surface area contributed by atoms with Gasteiger partial charge in [0.2, 0.25) is 0 Å². The molecule has 4 aromatic rings. The summed E-state index contributed by atoms with van der Waals surface area (Å²) in [5.41, 5.74) is 4.28. The Bertz CT molecular complexity index is 1520. The predicted molar refractivity (Wildman–Crippen MR) is 153 cm³/mol. The molecule has 0 bridgehead atoms. The Labute approximate surface area is 232 Å². The maximum Gasteiger partial charge on any atom is 0.275 e. The molecule has 1 amide bonds. The molecule has 0 aliphatic heterocycles. The minimum absolute atomic E-state index is 0.000690. The van der Waals surface area contributed by atoms with E-state index < -0.39 is 10.8 Å². The number of nitrogens with zero attached hydrogens (tertiary/aromatic N) is 2. The van der Waals surface area contributed by atoms with E-state index in [0.29, 0.717) is 40.5 Å². The Morgan fingerprint density at radius 2 is 1.79 bits per heavy atom. The van der Waals surface area contributed by atoms with E-state index in [1.54, 1.807) is 24.3 Å². The van der Waals surface area contributed by atoms with Gasteiger partial charge in [-0.05, 0) is 75.7 Å². The SMILES string of the molecule is CCOc1cc(/C=N\NC(=O)c2cc3ccccc3cc2OC)cc(I)c1OCc1cccc([N+](=O)[O-])c1. The van der Waals surface area contributed by atoms with Crippen molar-refractivity contribution in [3.05, 3.63) is 103 Å². The quantitative estimate of drug-likeness (QED) is 0.0987. The first kappa shape index (κ1) is 26.9. The zero-order chi connectivity index (χ0) is 27.1. The van der Waals surface area contributed by atoms with E-state index >= 15 is 0 Å². The fraction of sp³-hybridized carbons (Fsp3) is 0.143. The lowest BCUT2D eigenvalue weighted by molar-refractivity contribution is -0.384. The van der Waals surface area contributed by atoms with Gasteiger partial charge in [-0.1, -0.05) is 36.4 Å². The molecule has 4 rings (SSSR count). The van der Waals surface area contributed by atoms with E-state index in [1.165, 1.54) is 25.5 Å². The van der Waals surface area contributed by atoms with Gasteiger partial charge in [-0.2, -0.15) is 5.10 Å². The standard InChI is InChI=1S/C28H24IN3O6/c1-3-37-26-13-19(12-24(29)27(26)38-17-18-7-6-10-22(11-18)32(34)35)16-30-31-28(33)23-14-20-8-4-5-9-21(20)15-25(23)36-2/h4-16H,3,17H2,1-2H3,(H,31,33)/b30-16-. The molecule has 0 radical (unpaired) electrons. The van der Waals surface area contributed by atoms with Gasteiger partial charge in [0.15, 0.2) is 11.5 Å². The number of benzene rings is 4. The summed E-state index contributed by atoms with van der Waals surface area (Å²) in [6.07, 6.45) is 1.51. The van der Waals surface area contributed by atoms with Crippen LogP contribution in [0.4, 0.5) is 5.69 Å². The monoisotopic (exact) mass is 625 g/mol. The fourth-order valence-electron chi connectivity index (χ4n) is 3.77. The molecule has 9 nitrogen and oxygen atoms in total. The Morgan fingerprint density at radius 3 is 2.50 bits per heavy atom. The number of nitro groups is 1. The number of ether oxygens (including phenoxy) is 3. The van der Waals surface area contributed by atoms with Gasteiger partial charge < -0.3 is 14.2 Å². The number of fused-ring (bicyclic) bond motifs is 1. The van der Waals surface area contributed by atoms with Crippen LogP contribution in [-0.2, 0) is 6.61 Å². The van der Waals surface area contributed by atoms with Gasteiger partial charge in [0.1, 0.15) is 12.4 Å². The van der Waals surface area contributed by atoms with Crippen LogP contribution in [0.25, 0.3) is 10.8 Å². The molecule has 4 aromatic carbocycles. The molecular formula is C28H24IN3O6. The maximum atomic E-state index is 12.8. The van der Waals surface area contributed by atoms with Crippen molar-refractivity contribution < 1.29 is 23.9 Å². The van der Waals surface area contributed by atoms with E-state index in [2.05, 4.69) is 33.1 Å². The Morgan fingerprint density at radius 1 is 1.03 bits per heavy atom. The number of nitrogens with one attached hydrogen (secondary N) is 1. The maximum absolute atomic E-state index is 12.8. The number of carbonyl (C=O) groups excluding carboxylic acids is 1. The first-order valence-corrected chi connectivity index (χ1v) is 12.7. The number of non-ortho nitro benzene ring substituents is 1. The van der Waals surface area contributed by atoms with E-state index in [4.69, 9.17) is 14.2 Å². The highest BCUT2D eigenvalue weighted by Crippen LogP contribution is 2.35. The summed E-state index contributed by atoms with van der Waals surface area (Å²) in [4.78, 5) is 23.4. The normalized spacial score (nSPS) is 10.9. The first-order chi connectivity index (χ1) is 18.4. The first-order valence-electron chi connectivity index (χ1n) is 11.6. The van der Waals surface area contributed by atoms with Gasteiger partial charge in [0.05, 0.1) is 34.0 Å². The van der Waals surface area contributed by atoms with Crippen molar-refractivity contribution in [3.8, 4) is 17.2 Å². The number of hydrogen-bond donors (Lipinski definition) is 1. The second-order valence-corrected chi connectivity index (χ2v) is 9.24. The summed E-state index contributed by atoms with van der Waals surface area (Å²) >= 11 is 2.12. The number of hydrazone groups is 1. The molecule has 194 valence electrons. The third-order valence-corrected chi connectivity index (χ3v) is 6.33. The molecule has 0 fully saturated rings. The molecule has 0 aliphatic rings. The van der Waals surface area contributed by atoms with Gasteiger partial charge >= 0.3 is 0 Å². The van der Waals surface area contributed by atoms with Crippen molar-refractivity contribution in [3.63, 3.8) is 0 Å². The third kappa shape index (κ3) is 6.38. The van der Waals surface area contributed by atoms with Crippen LogP contribution in [0.3, 0.4) is 0 Å². The van der Waals surface area contributed by atoms with Gasteiger partial charge in [-0.3, -0.25) is 14.9 Å². The van der Waals surface area contributed by atoms with Crippen LogP contribution >= 0.6 is 22.6 Å². The van der Waals surface area contributed by atoms with E-state index in [0.717, 1.165) is 14.3 Å². The number of halogens is 1. The number of carbonyl (C=O) groups is 1. The van der Waals surface area contributed by atoms with Crippen molar-refractivity contribution in [2.24, 2.45) is 5.10 Å². The van der Waals surface area contributed by atoms with Crippen LogP contribution < -0.4 is 19.6 Å². The molecule has 0 saturated heterocycles. The van der Waals surface area contributed by atoms with E-state index in [-0.39, 0.29) is 12.3 Å². The summed E-state index contributed by atoms with van der Waals surface area (Å²) < 4.78 is 17.9. The Hall–Kier alpha value is -4.19. The number of hydrogen-bond acceptors (Lipinski definition) is 7. The number of amides is 1. The third-order valence-electron chi connectivity index (χ3n) is 5.53. The average molecular weight is 625 g/mol. The zero-order valence-electron chi connectivity index (χ0n) is 20.6. The summed E-state index contributed by atoms with van der Waals surface area (Å²) in [5.74, 6) is 1.06. The largest absolute Gasteiger partial charge is 0.496 e. The lowest BCUT2D eigenvalue weighted by Crippen LogP contribution is -2.18. The second kappa shape index (κ2) is 12.4. The lowest BCUT2D eigenvalue weighted by Gasteiger charge is -2.14. The summed E-state index contributed by atoms with van der Waals surface area (Å²) in [7, 11) is 1.52. The topological polar surface area (TPSA) is 112 Å². The molecule has 0 saturated carbocycles. The molecule has 0 spiro atoms. The van der Waals surface area contributed by atoms with E-state index in [9.17, 15) is 14.9 Å². The van der Waals surface area contributed by atoms with Crippen LogP contribution in [0, 0.1) is 13.7 Å². The molecule has 1 N–H and O–H groups in total. The van der Waals surface area contributed by atoms with Crippen molar-refractivity contribution in [2.75, 3.05) is 13.7 Å². The molecule has 0 heterocycles. The van der Waals surface area contributed by atoms with Crippen LogP contribution in [0.1, 0.15) is 28.4 Å². The van der Waals surface area contributed by atoms with Gasteiger partial charge in [0, 0.05) is 12.1 Å². The highest BCUT2D eigenvalue weighted by atomic mass is 127. The Balaban J connectivity index is 1.50. The van der Waals surface area contributed by atoms with Gasteiger partial charge in [-0.25, -0.2) is 5.43 Å². The van der Waals surface area contributed by atoms with Gasteiger partial charge in [0.25, 0.3) is 11.6 Å². The molecule has 0 unspecified atom stereocenters. The van der Waals surface area contributed by atoms with Crippen molar-refractivity contribution in [2.45, 2.75) is 13.5 Å². The number of rotatable bonds is 10. The van der Waals surface area contributed by atoms with Crippen molar-refractivity contribution in [1.29, 1.82) is 0 Å². The van der Waals surface area contributed by atoms with Crippen molar-refractivity contribution >= 4 is 51.2 Å². The molecule has 0 aromatic heterocycles. The fourth-order valence-corrected chi connectivity index (χ4v) is 4.55. The van der Waals surface area contributed by atoms with Crippen LogP contribution in [0.5, 0.6) is 17.2 Å². The van der Waals surface area contributed by atoms with Gasteiger partial charge in [-0.15, -0.1) is 0 Å². The number of nitro benzene ring substituents is 1. The highest BCUT2D eigenvalue weighted by Gasteiger charge is 2.15. The van der Waals surface area contributed by atoms with Crippen LogP contribution in [0.2, 0.25) is 0 Å². The predicted octanol–water partition coefficient (Wildman–Crippen LogP) is 6.10. The number of methoxy groups -OCH3 is 1. The molecule has 0 aliphatic carbocycles. The zero-order valence-corrected chi connectivity index (χ0v) is 22.8. The average Bonchev–Trinajstić information content (AvgIpc) is 2.92. The molecule has 10 heteroatoms. The molecule has 0 atom stereocenters. The van der Waals surface area contributed by atoms with E-state index in [1.807, 2.05) is 43.3 Å². The van der Waals surface area contributed by atoms with Crippen LogP contribution in [-0.4, -0.2) is 30.8 Å². The van der Waals surface area contributed by atoms with Crippen LogP contribution in [0.15, 0.2) is 77.9 Å². The highest BCUT2D eigenvalue weighted by molar-refractivity contribution is 14.1. The lowest BCUT2D eigenvalue weighted by atomic mass is 10.1. The summed E-state index contributed by atoms with van der Waals surface area (Å²) in [5, 5.41) is 17.1. The second-order valence-electron chi connectivity index (χ2n) is 8.08. The Kier molecular flexibility index (Phi) is 8.74. The summed E-state index contributed by atoms with van der Waals surface area (Å²) in [6, 6.07) is 21.2. The molecular weight excluding hydrogens is 601 g/mol.